The van der Waals surface area contributed by atoms with Gasteiger partial charge in [-0.25, -0.2) is 0 Å². The molecule has 0 saturated heterocycles. The van der Waals surface area contributed by atoms with Gasteiger partial charge in [-0.1, -0.05) is 18.9 Å². The van der Waals surface area contributed by atoms with Crippen molar-refractivity contribution in [1.29, 1.82) is 0 Å². The van der Waals surface area contributed by atoms with Crippen LogP contribution < -0.4 is 4.74 Å². The highest BCUT2D eigenvalue weighted by molar-refractivity contribution is 9.10. The van der Waals surface area contributed by atoms with Gasteiger partial charge < -0.3 is 9.47 Å². The maximum atomic E-state index is 11.1. The third kappa shape index (κ3) is 5.34. The van der Waals surface area contributed by atoms with Crippen LogP contribution in [-0.2, 0) is 16.0 Å². The number of halogens is 1. The van der Waals surface area contributed by atoms with Gasteiger partial charge in [-0.3, -0.25) is 4.79 Å². The second-order valence-electron chi connectivity index (χ2n) is 5.66. The minimum absolute atomic E-state index is 0.148. The lowest BCUT2D eigenvalue weighted by molar-refractivity contribution is -0.140. The highest BCUT2D eigenvalue weighted by Crippen LogP contribution is 2.30. The van der Waals surface area contributed by atoms with Crippen molar-refractivity contribution in [3.63, 3.8) is 0 Å². The van der Waals surface area contributed by atoms with Gasteiger partial charge in [-0.15, -0.1) is 0 Å². The van der Waals surface area contributed by atoms with Crippen molar-refractivity contribution in [3.8, 4) is 5.75 Å². The molecule has 1 aromatic rings. The van der Waals surface area contributed by atoms with Crippen molar-refractivity contribution in [2.24, 2.45) is 5.92 Å². The Kier molecular flexibility index (Phi) is 6.55. The van der Waals surface area contributed by atoms with Gasteiger partial charge in [0.15, 0.2) is 0 Å². The van der Waals surface area contributed by atoms with E-state index in [-0.39, 0.29) is 5.97 Å². The number of ether oxygens (including phenoxy) is 2. The zero-order valence-corrected chi connectivity index (χ0v) is 14.2. The normalized spacial score (nSPS) is 15.1. The Morgan fingerprint density at radius 2 is 2.10 bits per heavy atom. The van der Waals surface area contributed by atoms with Gasteiger partial charge in [0.25, 0.3) is 0 Å². The molecule has 1 aromatic carbocycles. The predicted octanol–water partition coefficient (Wildman–Crippen LogP) is 4.51. The number of carbonyl (C=O) groups is 1. The van der Waals surface area contributed by atoms with Crippen LogP contribution in [0.1, 0.15) is 44.1 Å². The van der Waals surface area contributed by atoms with Crippen LogP contribution in [-0.4, -0.2) is 19.7 Å². The molecule has 0 amide bonds. The Labute approximate surface area is 135 Å². The summed E-state index contributed by atoms with van der Waals surface area (Å²) in [7, 11) is 1.43. The number of benzene rings is 1. The molecule has 0 radical (unpaired) electrons. The molecule has 2 rings (SSSR count). The molecule has 0 N–H and O–H groups in total. The summed E-state index contributed by atoms with van der Waals surface area (Å²) in [5, 5.41) is 0. The summed E-state index contributed by atoms with van der Waals surface area (Å²) in [5.74, 6) is 1.49. The van der Waals surface area contributed by atoms with Crippen LogP contribution in [0.15, 0.2) is 22.7 Å². The molecule has 21 heavy (non-hydrogen) atoms. The van der Waals surface area contributed by atoms with Crippen LogP contribution in [0.2, 0.25) is 0 Å². The van der Waals surface area contributed by atoms with E-state index < -0.39 is 0 Å². The van der Waals surface area contributed by atoms with E-state index in [0.29, 0.717) is 6.42 Å². The Morgan fingerprint density at radius 3 is 2.76 bits per heavy atom. The molecule has 0 bridgehead atoms. The maximum absolute atomic E-state index is 11.1. The van der Waals surface area contributed by atoms with Crippen molar-refractivity contribution in [2.45, 2.75) is 44.9 Å². The fourth-order valence-electron chi connectivity index (χ4n) is 2.74. The number of methoxy groups -OCH3 is 1. The quantitative estimate of drug-likeness (QED) is 0.675. The van der Waals surface area contributed by atoms with Gasteiger partial charge in [-0.2, -0.15) is 0 Å². The summed E-state index contributed by atoms with van der Waals surface area (Å²) in [6, 6.07) is 6.18. The number of esters is 1. The van der Waals surface area contributed by atoms with Crippen molar-refractivity contribution in [1.82, 2.24) is 0 Å². The van der Waals surface area contributed by atoms with Crippen LogP contribution in [0.4, 0.5) is 0 Å². The van der Waals surface area contributed by atoms with Gasteiger partial charge >= 0.3 is 5.97 Å². The molecule has 0 heterocycles. The summed E-state index contributed by atoms with van der Waals surface area (Å²) in [4.78, 5) is 11.1. The first-order chi connectivity index (χ1) is 10.2. The molecule has 0 aliphatic heterocycles. The van der Waals surface area contributed by atoms with Crippen LogP contribution in [0.25, 0.3) is 0 Å². The topological polar surface area (TPSA) is 35.5 Å². The molecule has 0 atom stereocenters. The molecule has 4 heteroatoms. The molecule has 0 aromatic heterocycles. The number of hydrogen-bond donors (Lipinski definition) is 0. The number of aryl methyl sites for hydroxylation is 1. The minimum atomic E-state index is -0.148. The Bertz CT molecular complexity index is 467. The molecule has 3 nitrogen and oxygen atoms in total. The molecule has 1 saturated carbocycles. The van der Waals surface area contributed by atoms with Gasteiger partial charge in [0.1, 0.15) is 5.75 Å². The van der Waals surface area contributed by atoms with E-state index >= 15 is 0 Å². The molecule has 0 unspecified atom stereocenters. The summed E-state index contributed by atoms with van der Waals surface area (Å²) >= 11 is 3.57. The first-order valence-corrected chi connectivity index (χ1v) is 8.46. The molecular weight excluding hydrogens is 332 g/mol. The van der Waals surface area contributed by atoms with E-state index in [0.717, 1.165) is 35.6 Å². The molecular formula is C17H23BrO3. The highest BCUT2D eigenvalue weighted by atomic mass is 79.9. The second kappa shape index (κ2) is 8.42. The molecule has 1 aliphatic carbocycles. The van der Waals surface area contributed by atoms with Crippen molar-refractivity contribution in [2.75, 3.05) is 13.7 Å². The fraction of sp³-hybridized carbons (Fsp3) is 0.588. The molecule has 116 valence electrons. The van der Waals surface area contributed by atoms with Gasteiger partial charge in [-0.05, 0) is 65.2 Å². The standard InChI is InChI=1S/C17H23BrO3/c1-20-17(19)8-4-7-13-9-10-16(15(18)11-13)21-12-14-5-2-3-6-14/h9-11,14H,2-8,12H2,1H3. The Morgan fingerprint density at radius 1 is 1.33 bits per heavy atom. The van der Waals surface area contributed by atoms with Crippen molar-refractivity contribution in [3.05, 3.63) is 28.2 Å². The zero-order chi connectivity index (χ0) is 15.1. The van der Waals surface area contributed by atoms with Crippen LogP contribution in [0.3, 0.4) is 0 Å². The van der Waals surface area contributed by atoms with Gasteiger partial charge in [0, 0.05) is 6.42 Å². The summed E-state index contributed by atoms with van der Waals surface area (Å²) < 4.78 is 11.6. The van der Waals surface area contributed by atoms with E-state index in [1.54, 1.807) is 0 Å². The summed E-state index contributed by atoms with van der Waals surface area (Å²) in [6.45, 7) is 0.820. The fourth-order valence-corrected chi connectivity index (χ4v) is 3.28. The monoisotopic (exact) mass is 354 g/mol. The highest BCUT2D eigenvalue weighted by Gasteiger charge is 2.16. The van der Waals surface area contributed by atoms with Gasteiger partial charge in [0.05, 0.1) is 18.2 Å². The van der Waals surface area contributed by atoms with E-state index in [1.807, 2.05) is 6.07 Å². The maximum Gasteiger partial charge on any atom is 0.305 e. The number of rotatable bonds is 7. The summed E-state index contributed by atoms with van der Waals surface area (Å²) in [6.07, 6.45) is 7.42. The lowest BCUT2D eigenvalue weighted by Crippen LogP contribution is -2.08. The third-order valence-corrected chi connectivity index (χ3v) is 4.64. The number of hydrogen-bond acceptors (Lipinski definition) is 3. The predicted molar refractivity (Wildman–Crippen MR) is 86.5 cm³/mol. The van der Waals surface area contributed by atoms with Gasteiger partial charge in [0.2, 0.25) is 0 Å². The lowest BCUT2D eigenvalue weighted by Gasteiger charge is -2.13. The van der Waals surface area contributed by atoms with E-state index in [2.05, 4.69) is 32.8 Å². The van der Waals surface area contributed by atoms with Crippen LogP contribution >= 0.6 is 15.9 Å². The lowest BCUT2D eigenvalue weighted by atomic mass is 10.1. The number of carbonyl (C=O) groups excluding carboxylic acids is 1. The van der Waals surface area contributed by atoms with E-state index in [9.17, 15) is 4.79 Å². The SMILES string of the molecule is COC(=O)CCCc1ccc(OCC2CCCC2)c(Br)c1. The Hall–Kier alpha value is -1.03. The first-order valence-electron chi connectivity index (χ1n) is 7.67. The Balaban J connectivity index is 1.80. The molecule has 1 fully saturated rings. The van der Waals surface area contributed by atoms with Crippen LogP contribution in [0.5, 0.6) is 5.75 Å². The van der Waals surface area contributed by atoms with Crippen LogP contribution in [0, 0.1) is 5.92 Å². The third-order valence-electron chi connectivity index (χ3n) is 4.02. The van der Waals surface area contributed by atoms with E-state index in [1.165, 1.54) is 38.4 Å². The van der Waals surface area contributed by atoms with Crippen molar-refractivity contribution < 1.29 is 14.3 Å². The summed E-state index contributed by atoms with van der Waals surface area (Å²) in [5.41, 5.74) is 1.21. The average Bonchev–Trinajstić information content (AvgIpc) is 2.99. The smallest absolute Gasteiger partial charge is 0.305 e. The van der Waals surface area contributed by atoms with Crippen molar-refractivity contribution >= 4 is 21.9 Å². The molecule has 1 aliphatic rings. The zero-order valence-electron chi connectivity index (χ0n) is 12.6. The minimum Gasteiger partial charge on any atom is -0.492 e. The average molecular weight is 355 g/mol. The first kappa shape index (κ1) is 16.3. The second-order valence-corrected chi connectivity index (χ2v) is 6.51. The molecule has 0 spiro atoms. The van der Waals surface area contributed by atoms with E-state index in [4.69, 9.17) is 4.74 Å². The largest absolute Gasteiger partial charge is 0.492 e.